The average Bonchev–Trinajstić information content (AvgIpc) is 2.38. The summed E-state index contributed by atoms with van der Waals surface area (Å²) in [6, 6.07) is 5.46. The van der Waals surface area contributed by atoms with Gasteiger partial charge in [0.2, 0.25) is 5.96 Å². The molecule has 0 fully saturated rings. The first-order valence-electron chi connectivity index (χ1n) is 6.53. The number of carbonyl (C=O) groups is 1. The average molecular weight is 262 g/mol. The van der Waals surface area contributed by atoms with E-state index in [9.17, 15) is 4.79 Å². The van der Waals surface area contributed by atoms with Gasteiger partial charge >= 0.3 is 6.03 Å². The third-order valence-corrected chi connectivity index (χ3v) is 2.90. The lowest BCUT2D eigenvalue weighted by Gasteiger charge is -2.25. The van der Waals surface area contributed by atoms with Gasteiger partial charge in [0.25, 0.3) is 0 Å². The van der Waals surface area contributed by atoms with Crippen molar-refractivity contribution in [2.75, 3.05) is 11.4 Å². The molecule has 0 atom stereocenters. The van der Waals surface area contributed by atoms with Crippen molar-refractivity contribution in [2.45, 2.75) is 33.6 Å². The fourth-order valence-corrected chi connectivity index (χ4v) is 1.97. The van der Waals surface area contributed by atoms with Gasteiger partial charge in [-0.25, -0.2) is 9.69 Å². The molecule has 0 aliphatic carbocycles. The smallest absolute Gasteiger partial charge is 0.328 e. The van der Waals surface area contributed by atoms with Crippen LogP contribution in [0.15, 0.2) is 18.2 Å². The van der Waals surface area contributed by atoms with Gasteiger partial charge in [0.15, 0.2) is 0 Å². The number of guanidine groups is 1. The monoisotopic (exact) mass is 262 g/mol. The molecular weight excluding hydrogens is 240 g/mol. The molecule has 0 bridgehead atoms. The summed E-state index contributed by atoms with van der Waals surface area (Å²) in [5.41, 5.74) is 8.23. The number of para-hydroxylation sites is 1. The van der Waals surface area contributed by atoms with E-state index in [1.807, 2.05) is 39.0 Å². The highest BCUT2D eigenvalue weighted by molar-refractivity contribution is 6.14. The van der Waals surface area contributed by atoms with E-state index in [1.54, 1.807) is 0 Å². The zero-order valence-corrected chi connectivity index (χ0v) is 11.8. The summed E-state index contributed by atoms with van der Waals surface area (Å²) in [7, 11) is 0. The van der Waals surface area contributed by atoms with E-state index in [2.05, 4.69) is 5.32 Å². The SMILES string of the molecule is CCCNC(=O)N(C(=N)N)c1c(C)cccc1CC. The van der Waals surface area contributed by atoms with Gasteiger partial charge in [-0.2, -0.15) is 0 Å². The minimum Gasteiger partial charge on any atom is -0.369 e. The molecule has 1 rings (SSSR count). The minimum atomic E-state index is -0.349. The summed E-state index contributed by atoms with van der Waals surface area (Å²) in [4.78, 5) is 13.4. The molecular formula is C14H22N4O. The van der Waals surface area contributed by atoms with Crippen LogP contribution in [0.3, 0.4) is 0 Å². The molecule has 0 aliphatic rings. The maximum Gasteiger partial charge on any atom is 0.328 e. The molecule has 4 N–H and O–H groups in total. The Morgan fingerprint density at radius 1 is 1.42 bits per heavy atom. The van der Waals surface area contributed by atoms with E-state index in [0.29, 0.717) is 12.2 Å². The first-order chi connectivity index (χ1) is 9.02. The van der Waals surface area contributed by atoms with Crippen LogP contribution in [0.4, 0.5) is 10.5 Å². The second-order valence-electron chi connectivity index (χ2n) is 4.39. The van der Waals surface area contributed by atoms with E-state index in [-0.39, 0.29) is 12.0 Å². The van der Waals surface area contributed by atoms with Gasteiger partial charge in [-0.15, -0.1) is 0 Å². The number of urea groups is 1. The van der Waals surface area contributed by atoms with Crippen molar-refractivity contribution in [3.8, 4) is 0 Å². The molecule has 0 unspecified atom stereocenters. The van der Waals surface area contributed by atoms with Crippen LogP contribution in [-0.4, -0.2) is 18.5 Å². The Morgan fingerprint density at radius 2 is 2.11 bits per heavy atom. The fourth-order valence-electron chi connectivity index (χ4n) is 1.97. The third-order valence-electron chi connectivity index (χ3n) is 2.90. The van der Waals surface area contributed by atoms with Crippen molar-refractivity contribution in [1.29, 1.82) is 5.41 Å². The summed E-state index contributed by atoms with van der Waals surface area (Å²) in [5, 5.41) is 10.4. The normalized spacial score (nSPS) is 10.1. The Kier molecular flexibility index (Phi) is 5.36. The molecule has 2 amide bonds. The fraction of sp³-hybridized carbons (Fsp3) is 0.429. The number of amides is 2. The first-order valence-corrected chi connectivity index (χ1v) is 6.53. The molecule has 5 nitrogen and oxygen atoms in total. The highest BCUT2D eigenvalue weighted by Gasteiger charge is 2.22. The van der Waals surface area contributed by atoms with Crippen molar-refractivity contribution in [1.82, 2.24) is 5.32 Å². The second kappa shape index (κ2) is 6.78. The number of nitrogens with zero attached hydrogens (tertiary/aromatic N) is 1. The summed E-state index contributed by atoms with van der Waals surface area (Å²) >= 11 is 0. The third kappa shape index (κ3) is 3.47. The van der Waals surface area contributed by atoms with Gasteiger partial charge in [0.1, 0.15) is 0 Å². The van der Waals surface area contributed by atoms with Crippen molar-refractivity contribution < 1.29 is 4.79 Å². The van der Waals surface area contributed by atoms with Gasteiger partial charge in [0.05, 0.1) is 5.69 Å². The molecule has 1 aromatic carbocycles. The predicted molar refractivity (Wildman–Crippen MR) is 78.6 cm³/mol. The lowest BCUT2D eigenvalue weighted by molar-refractivity contribution is 0.249. The number of nitrogens with two attached hydrogens (primary N) is 1. The number of hydrogen-bond acceptors (Lipinski definition) is 2. The number of nitrogens with one attached hydrogen (secondary N) is 2. The van der Waals surface area contributed by atoms with E-state index in [1.165, 1.54) is 4.90 Å². The van der Waals surface area contributed by atoms with Crippen LogP contribution in [0.2, 0.25) is 0 Å². The second-order valence-corrected chi connectivity index (χ2v) is 4.39. The van der Waals surface area contributed by atoms with Gasteiger partial charge in [-0.3, -0.25) is 5.41 Å². The number of aryl methyl sites for hydroxylation is 2. The summed E-state index contributed by atoms with van der Waals surface area (Å²) in [6.45, 7) is 6.47. The molecule has 0 heterocycles. The molecule has 1 aromatic rings. The van der Waals surface area contributed by atoms with Crippen LogP contribution in [0.25, 0.3) is 0 Å². The molecule has 0 saturated carbocycles. The maximum absolute atomic E-state index is 12.2. The number of anilines is 1. The largest absolute Gasteiger partial charge is 0.369 e. The topological polar surface area (TPSA) is 82.2 Å². The van der Waals surface area contributed by atoms with Gasteiger partial charge in [-0.05, 0) is 30.9 Å². The predicted octanol–water partition coefficient (Wildman–Crippen LogP) is 2.38. The van der Waals surface area contributed by atoms with Crippen LogP contribution < -0.4 is 16.0 Å². The molecule has 19 heavy (non-hydrogen) atoms. The molecule has 5 heteroatoms. The van der Waals surface area contributed by atoms with Crippen LogP contribution in [0.1, 0.15) is 31.4 Å². The lowest BCUT2D eigenvalue weighted by atomic mass is 10.0. The number of benzene rings is 1. The molecule has 104 valence electrons. The molecule has 0 aliphatic heterocycles. The first kappa shape index (κ1) is 15.0. The zero-order valence-electron chi connectivity index (χ0n) is 11.8. The Morgan fingerprint density at radius 3 is 2.63 bits per heavy atom. The van der Waals surface area contributed by atoms with Gasteiger partial charge < -0.3 is 11.1 Å². The summed E-state index contributed by atoms with van der Waals surface area (Å²) in [5.74, 6) is -0.266. The Hall–Kier alpha value is -2.04. The Bertz CT molecular complexity index is 471. The highest BCUT2D eigenvalue weighted by Crippen LogP contribution is 2.25. The van der Waals surface area contributed by atoms with Crippen molar-refractivity contribution >= 4 is 17.7 Å². The van der Waals surface area contributed by atoms with Crippen LogP contribution in [0.5, 0.6) is 0 Å². The standard InChI is InChI=1S/C14H22N4O/c1-4-9-17-14(19)18(13(15)16)12-10(3)7-6-8-11(12)5-2/h6-8H,4-5,9H2,1-3H3,(H3,15,16)(H,17,19). The quantitative estimate of drug-likeness (QED) is 0.575. The van der Waals surface area contributed by atoms with Crippen LogP contribution in [0, 0.1) is 12.3 Å². The molecule has 0 saturated heterocycles. The van der Waals surface area contributed by atoms with E-state index in [0.717, 1.165) is 24.0 Å². The van der Waals surface area contributed by atoms with Crippen LogP contribution in [-0.2, 0) is 6.42 Å². The molecule has 0 aromatic heterocycles. The molecule has 0 spiro atoms. The zero-order chi connectivity index (χ0) is 14.4. The van der Waals surface area contributed by atoms with Crippen LogP contribution >= 0.6 is 0 Å². The van der Waals surface area contributed by atoms with Crippen molar-refractivity contribution in [2.24, 2.45) is 5.73 Å². The summed E-state index contributed by atoms with van der Waals surface area (Å²) in [6.07, 6.45) is 1.62. The number of carbonyl (C=O) groups excluding carboxylic acids is 1. The highest BCUT2D eigenvalue weighted by atomic mass is 16.2. The Labute approximate surface area is 114 Å². The van der Waals surface area contributed by atoms with E-state index >= 15 is 0 Å². The van der Waals surface area contributed by atoms with Gasteiger partial charge in [0, 0.05) is 6.54 Å². The van der Waals surface area contributed by atoms with Crippen molar-refractivity contribution in [3.63, 3.8) is 0 Å². The number of hydrogen-bond donors (Lipinski definition) is 3. The lowest BCUT2D eigenvalue weighted by Crippen LogP contribution is -2.48. The van der Waals surface area contributed by atoms with E-state index in [4.69, 9.17) is 11.1 Å². The minimum absolute atomic E-state index is 0.266. The van der Waals surface area contributed by atoms with E-state index < -0.39 is 0 Å². The molecule has 0 radical (unpaired) electrons. The summed E-state index contributed by atoms with van der Waals surface area (Å²) < 4.78 is 0. The Balaban J connectivity index is 3.19. The van der Waals surface area contributed by atoms with Crippen molar-refractivity contribution in [3.05, 3.63) is 29.3 Å². The van der Waals surface area contributed by atoms with Gasteiger partial charge in [-0.1, -0.05) is 32.0 Å². The maximum atomic E-state index is 12.2. The number of rotatable bonds is 4.